The van der Waals surface area contributed by atoms with Gasteiger partial charge in [-0.25, -0.2) is 0 Å². The highest BCUT2D eigenvalue weighted by molar-refractivity contribution is 6.31. The third kappa shape index (κ3) is 4.45. The number of carbonyl (C=O) groups is 1. The van der Waals surface area contributed by atoms with Crippen molar-refractivity contribution in [2.75, 3.05) is 13.1 Å². The summed E-state index contributed by atoms with van der Waals surface area (Å²) < 4.78 is 0. The molecule has 0 unspecified atom stereocenters. The lowest BCUT2D eigenvalue weighted by molar-refractivity contribution is -0.125. The van der Waals surface area contributed by atoms with Crippen LogP contribution < -0.4 is 10.6 Å². The minimum absolute atomic E-state index is 0.0903. The number of nitrogens with zero attached hydrogens (tertiary/aromatic N) is 1. The largest absolute Gasteiger partial charge is 0.355 e. The lowest BCUT2D eigenvalue weighted by Crippen LogP contribution is -2.42. The Bertz CT molecular complexity index is 506. The highest BCUT2D eigenvalue weighted by Crippen LogP contribution is 2.24. The molecule has 1 amide bonds. The van der Waals surface area contributed by atoms with Gasteiger partial charge in [-0.05, 0) is 25.0 Å². The summed E-state index contributed by atoms with van der Waals surface area (Å²) in [6.07, 6.45) is 0.842. The average molecular weight is 324 g/mol. The van der Waals surface area contributed by atoms with Gasteiger partial charge in [0.2, 0.25) is 5.91 Å². The predicted octanol–water partition coefficient (Wildman–Crippen LogP) is 2.42. The van der Waals surface area contributed by atoms with Gasteiger partial charge in [-0.1, -0.05) is 43.6 Å². The molecule has 1 aromatic rings. The number of hydrogen-bond donors (Lipinski definition) is 2. The zero-order chi connectivity index (χ0) is 16.1. The summed E-state index contributed by atoms with van der Waals surface area (Å²) in [7, 11) is 0. The van der Waals surface area contributed by atoms with Gasteiger partial charge in [0.1, 0.15) is 0 Å². The van der Waals surface area contributed by atoms with Crippen LogP contribution in [0.3, 0.4) is 0 Å². The van der Waals surface area contributed by atoms with Crippen molar-refractivity contribution in [2.45, 2.75) is 51.9 Å². The van der Waals surface area contributed by atoms with Gasteiger partial charge >= 0.3 is 0 Å². The summed E-state index contributed by atoms with van der Waals surface area (Å²) in [5.74, 6) is 0.114. The van der Waals surface area contributed by atoms with Crippen molar-refractivity contribution in [3.8, 4) is 0 Å². The molecule has 4 nitrogen and oxygen atoms in total. The van der Waals surface area contributed by atoms with Crippen LogP contribution >= 0.6 is 11.6 Å². The lowest BCUT2D eigenvalue weighted by atomic mass is 10.1. The summed E-state index contributed by atoms with van der Waals surface area (Å²) in [5.41, 5.74) is 1.07. The van der Waals surface area contributed by atoms with E-state index in [1.165, 1.54) is 0 Å². The van der Waals surface area contributed by atoms with Crippen molar-refractivity contribution in [2.24, 2.45) is 0 Å². The average Bonchev–Trinajstić information content (AvgIpc) is 2.83. The zero-order valence-corrected chi connectivity index (χ0v) is 14.4. The summed E-state index contributed by atoms with van der Waals surface area (Å²) in [6.45, 7) is 8.46. The van der Waals surface area contributed by atoms with E-state index in [9.17, 15) is 4.79 Å². The number of likely N-dealkylation sites (N-methyl/N-ethyl adjacent to an activating group) is 1. The van der Waals surface area contributed by atoms with E-state index < -0.39 is 0 Å². The molecule has 0 radical (unpaired) electrons. The fourth-order valence-electron chi connectivity index (χ4n) is 3.08. The number of nitrogens with one attached hydrogen (secondary N) is 2. The van der Waals surface area contributed by atoms with Gasteiger partial charge < -0.3 is 10.6 Å². The van der Waals surface area contributed by atoms with Gasteiger partial charge in [-0.3, -0.25) is 9.69 Å². The van der Waals surface area contributed by atoms with Gasteiger partial charge in [0.15, 0.2) is 0 Å². The number of rotatable bonds is 6. The van der Waals surface area contributed by atoms with Gasteiger partial charge in [-0.15, -0.1) is 0 Å². The maximum atomic E-state index is 12.3. The number of halogens is 1. The molecule has 1 fully saturated rings. The van der Waals surface area contributed by atoms with E-state index in [1.54, 1.807) is 0 Å². The molecule has 1 aromatic carbocycles. The quantitative estimate of drug-likeness (QED) is 0.845. The third-order valence-corrected chi connectivity index (χ3v) is 4.33. The first-order valence-corrected chi connectivity index (χ1v) is 8.40. The van der Waals surface area contributed by atoms with Crippen LogP contribution in [-0.4, -0.2) is 42.0 Å². The molecule has 1 saturated heterocycles. The molecular formula is C17H26ClN3O. The second-order valence-corrected chi connectivity index (χ2v) is 6.59. The number of carbonyl (C=O) groups excluding carboxylic acids is 1. The molecule has 1 aliphatic rings. The molecule has 0 saturated carbocycles. The molecule has 5 heteroatoms. The standard InChI is InChI=1S/C17H26ClN3O/c1-4-19-17(22)16-9-14(20-12(2)3)11-21(16)10-13-7-5-6-8-15(13)18/h5-8,12,14,16,20H,4,9-11H2,1-3H3,(H,19,22)/t14-,16-/m0/s1. The van der Waals surface area contributed by atoms with Crippen molar-refractivity contribution < 1.29 is 4.79 Å². The SMILES string of the molecule is CCNC(=O)[C@@H]1C[C@H](NC(C)C)CN1Cc1ccccc1Cl. The highest BCUT2D eigenvalue weighted by Gasteiger charge is 2.36. The second kappa shape index (κ2) is 7.95. The van der Waals surface area contributed by atoms with Gasteiger partial charge in [-0.2, -0.15) is 0 Å². The fraction of sp³-hybridized carbons (Fsp3) is 0.588. The predicted molar refractivity (Wildman–Crippen MR) is 91.0 cm³/mol. The van der Waals surface area contributed by atoms with Gasteiger partial charge in [0.05, 0.1) is 6.04 Å². The van der Waals surface area contributed by atoms with Crippen LogP contribution in [0.25, 0.3) is 0 Å². The molecule has 0 aliphatic carbocycles. The van der Waals surface area contributed by atoms with E-state index in [0.29, 0.717) is 25.2 Å². The molecule has 2 rings (SSSR count). The van der Waals surface area contributed by atoms with Crippen LogP contribution in [0.4, 0.5) is 0 Å². The molecule has 0 bridgehead atoms. The molecule has 0 spiro atoms. The minimum atomic E-state index is -0.0903. The molecule has 122 valence electrons. The number of likely N-dealkylation sites (tertiary alicyclic amines) is 1. The van der Waals surface area contributed by atoms with E-state index in [4.69, 9.17) is 11.6 Å². The van der Waals surface area contributed by atoms with Crippen LogP contribution in [0.2, 0.25) is 5.02 Å². The van der Waals surface area contributed by atoms with E-state index in [0.717, 1.165) is 23.6 Å². The van der Waals surface area contributed by atoms with Crippen LogP contribution in [0.5, 0.6) is 0 Å². The van der Waals surface area contributed by atoms with E-state index in [1.807, 2.05) is 31.2 Å². The number of amides is 1. The Morgan fingerprint density at radius 2 is 2.14 bits per heavy atom. The van der Waals surface area contributed by atoms with E-state index in [-0.39, 0.29) is 11.9 Å². The maximum absolute atomic E-state index is 12.3. The zero-order valence-electron chi connectivity index (χ0n) is 13.6. The van der Waals surface area contributed by atoms with Crippen LogP contribution in [-0.2, 0) is 11.3 Å². The van der Waals surface area contributed by atoms with Crippen molar-refractivity contribution in [3.63, 3.8) is 0 Å². The molecule has 2 N–H and O–H groups in total. The second-order valence-electron chi connectivity index (χ2n) is 6.19. The first-order chi connectivity index (χ1) is 10.5. The Kier molecular flexibility index (Phi) is 6.24. The Hall–Kier alpha value is -1.10. The molecule has 2 atom stereocenters. The van der Waals surface area contributed by atoms with Gasteiger partial charge in [0.25, 0.3) is 0 Å². The monoisotopic (exact) mass is 323 g/mol. The topological polar surface area (TPSA) is 44.4 Å². The lowest BCUT2D eigenvalue weighted by Gasteiger charge is -2.23. The van der Waals surface area contributed by atoms with Crippen LogP contribution in [0.15, 0.2) is 24.3 Å². The smallest absolute Gasteiger partial charge is 0.237 e. The Morgan fingerprint density at radius 1 is 1.41 bits per heavy atom. The molecule has 0 aromatic heterocycles. The normalized spacial score (nSPS) is 22.2. The minimum Gasteiger partial charge on any atom is -0.355 e. The summed E-state index contributed by atoms with van der Waals surface area (Å²) in [5, 5.41) is 7.26. The summed E-state index contributed by atoms with van der Waals surface area (Å²) >= 11 is 6.27. The van der Waals surface area contributed by atoms with Crippen LogP contribution in [0.1, 0.15) is 32.8 Å². The molecule has 22 heavy (non-hydrogen) atoms. The maximum Gasteiger partial charge on any atom is 0.237 e. The van der Waals surface area contributed by atoms with Crippen molar-refractivity contribution in [1.29, 1.82) is 0 Å². The molecule has 1 heterocycles. The first-order valence-electron chi connectivity index (χ1n) is 8.02. The third-order valence-electron chi connectivity index (χ3n) is 3.96. The molecule has 1 aliphatic heterocycles. The van der Waals surface area contributed by atoms with Gasteiger partial charge in [0, 0.05) is 36.7 Å². The van der Waals surface area contributed by atoms with Crippen LogP contribution in [0, 0.1) is 0 Å². The number of benzene rings is 1. The Labute approximate surface area is 138 Å². The van der Waals surface area contributed by atoms with Crippen molar-refractivity contribution in [1.82, 2.24) is 15.5 Å². The Balaban J connectivity index is 2.10. The number of hydrogen-bond acceptors (Lipinski definition) is 3. The molecular weight excluding hydrogens is 298 g/mol. The summed E-state index contributed by atoms with van der Waals surface area (Å²) in [6, 6.07) is 8.52. The highest BCUT2D eigenvalue weighted by atomic mass is 35.5. The van der Waals surface area contributed by atoms with Crippen molar-refractivity contribution >= 4 is 17.5 Å². The first kappa shape index (κ1) is 17.3. The Morgan fingerprint density at radius 3 is 2.77 bits per heavy atom. The fourth-order valence-corrected chi connectivity index (χ4v) is 3.28. The van der Waals surface area contributed by atoms with Crippen molar-refractivity contribution in [3.05, 3.63) is 34.9 Å². The van der Waals surface area contributed by atoms with E-state index >= 15 is 0 Å². The van der Waals surface area contributed by atoms with E-state index in [2.05, 4.69) is 29.4 Å². The summed E-state index contributed by atoms with van der Waals surface area (Å²) in [4.78, 5) is 14.6.